The van der Waals surface area contributed by atoms with Crippen molar-refractivity contribution in [2.24, 2.45) is 5.92 Å². The molecule has 2 fully saturated rings. The van der Waals surface area contributed by atoms with Crippen LogP contribution in [0.5, 0.6) is 0 Å². The fourth-order valence-electron chi connectivity index (χ4n) is 3.03. The first kappa shape index (κ1) is 11.9. The van der Waals surface area contributed by atoms with Gasteiger partial charge in [0.05, 0.1) is 5.92 Å². The van der Waals surface area contributed by atoms with Crippen LogP contribution in [0.2, 0.25) is 0 Å². The van der Waals surface area contributed by atoms with Gasteiger partial charge >= 0.3 is 5.97 Å². The zero-order valence-corrected chi connectivity index (χ0v) is 9.89. The Morgan fingerprint density at radius 3 is 2.81 bits per heavy atom. The quantitative estimate of drug-likeness (QED) is 0.773. The normalized spacial score (nSPS) is 37.2. The average Bonchev–Trinajstić information content (AvgIpc) is 2.50. The topological polar surface area (TPSA) is 49.8 Å². The van der Waals surface area contributed by atoms with Gasteiger partial charge in [0.1, 0.15) is 0 Å². The van der Waals surface area contributed by atoms with Gasteiger partial charge in [-0.1, -0.05) is 0 Å². The molecule has 16 heavy (non-hydrogen) atoms. The lowest BCUT2D eigenvalue weighted by Gasteiger charge is -2.31. The van der Waals surface area contributed by atoms with Crippen molar-refractivity contribution < 1.29 is 14.6 Å². The third-order valence-corrected chi connectivity index (χ3v) is 4.01. The van der Waals surface area contributed by atoms with Gasteiger partial charge in [-0.25, -0.2) is 0 Å². The van der Waals surface area contributed by atoms with Gasteiger partial charge in [-0.2, -0.15) is 0 Å². The number of carboxylic acid groups (broad SMARTS) is 1. The summed E-state index contributed by atoms with van der Waals surface area (Å²) in [6.45, 7) is 4.67. The van der Waals surface area contributed by atoms with E-state index in [4.69, 9.17) is 9.84 Å². The van der Waals surface area contributed by atoms with Gasteiger partial charge in [0.2, 0.25) is 0 Å². The lowest BCUT2D eigenvalue weighted by atomic mass is 10.0. The van der Waals surface area contributed by atoms with Crippen molar-refractivity contribution >= 4 is 5.97 Å². The van der Waals surface area contributed by atoms with E-state index in [0.29, 0.717) is 6.04 Å². The Hall–Kier alpha value is -0.610. The molecule has 4 nitrogen and oxygen atoms in total. The SMILES string of the molecule is CC1C(C(=O)O)CCN1C1CCCOCC1. The molecule has 0 aliphatic carbocycles. The third kappa shape index (κ3) is 2.38. The Morgan fingerprint density at radius 1 is 1.31 bits per heavy atom. The van der Waals surface area contributed by atoms with Crippen molar-refractivity contribution in [1.29, 1.82) is 0 Å². The van der Waals surface area contributed by atoms with E-state index in [0.717, 1.165) is 45.4 Å². The van der Waals surface area contributed by atoms with Crippen LogP contribution in [0.15, 0.2) is 0 Å². The first-order valence-corrected chi connectivity index (χ1v) is 6.26. The maximum Gasteiger partial charge on any atom is 0.308 e. The minimum atomic E-state index is -0.639. The standard InChI is InChI=1S/C12H21NO3/c1-9-11(12(14)15)4-6-13(9)10-3-2-7-16-8-5-10/h9-11H,2-8H2,1H3,(H,14,15). The molecule has 0 aromatic heterocycles. The van der Waals surface area contributed by atoms with Crippen LogP contribution in [0.25, 0.3) is 0 Å². The van der Waals surface area contributed by atoms with E-state index in [1.165, 1.54) is 0 Å². The smallest absolute Gasteiger partial charge is 0.308 e. The van der Waals surface area contributed by atoms with E-state index in [-0.39, 0.29) is 12.0 Å². The Labute approximate surface area is 96.6 Å². The molecule has 0 bridgehead atoms. The van der Waals surface area contributed by atoms with Gasteiger partial charge in [0.25, 0.3) is 0 Å². The largest absolute Gasteiger partial charge is 0.481 e. The molecule has 0 amide bonds. The second kappa shape index (κ2) is 5.15. The molecule has 1 N–H and O–H groups in total. The summed E-state index contributed by atoms with van der Waals surface area (Å²) in [5.74, 6) is -0.816. The Kier molecular flexibility index (Phi) is 3.82. The second-order valence-electron chi connectivity index (χ2n) is 4.91. The molecule has 2 aliphatic heterocycles. The highest BCUT2D eigenvalue weighted by Crippen LogP contribution is 2.29. The predicted octanol–water partition coefficient (Wildman–Crippen LogP) is 1.35. The fraction of sp³-hybridized carbons (Fsp3) is 0.917. The van der Waals surface area contributed by atoms with Crippen LogP contribution in [0.3, 0.4) is 0 Å². The molecule has 0 aromatic carbocycles. The van der Waals surface area contributed by atoms with Gasteiger partial charge in [0.15, 0.2) is 0 Å². The summed E-state index contributed by atoms with van der Waals surface area (Å²) in [6, 6.07) is 0.711. The highest BCUT2D eigenvalue weighted by Gasteiger charge is 2.38. The van der Waals surface area contributed by atoms with Gasteiger partial charge in [0, 0.05) is 25.3 Å². The number of rotatable bonds is 2. The van der Waals surface area contributed by atoms with Gasteiger partial charge < -0.3 is 9.84 Å². The van der Waals surface area contributed by atoms with E-state index < -0.39 is 5.97 Å². The molecule has 3 unspecified atom stereocenters. The number of hydrogen-bond donors (Lipinski definition) is 1. The molecular weight excluding hydrogens is 206 g/mol. The molecule has 2 saturated heterocycles. The predicted molar refractivity (Wildman–Crippen MR) is 60.4 cm³/mol. The minimum Gasteiger partial charge on any atom is -0.481 e. The van der Waals surface area contributed by atoms with Crippen molar-refractivity contribution in [3.05, 3.63) is 0 Å². The summed E-state index contributed by atoms with van der Waals surface area (Å²) < 4.78 is 5.45. The number of nitrogens with zero attached hydrogens (tertiary/aromatic N) is 1. The molecule has 92 valence electrons. The van der Waals surface area contributed by atoms with Crippen molar-refractivity contribution in [2.75, 3.05) is 19.8 Å². The number of hydrogen-bond acceptors (Lipinski definition) is 3. The van der Waals surface area contributed by atoms with Crippen LogP contribution in [0, 0.1) is 5.92 Å². The van der Waals surface area contributed by atoms with Crippen molar-refractivity contribution in [3.63, 3.8) is 0 Å². The Morgan fingerprint density at radius 2 is 2.12 bits per heavy atom. The van der Waals surface area contributed by atoms with Crippen LogP contribution < -0.4 is 0 Å². The Balaban J connectivity index is 1.96. The average molecular weight is 227 g/mol. The molecule has 3 atom stereocenters. The monoisotopic (exact) mass is 227 g/mol. The first-order chi connectivity index (χ1) is 7.70. The maximum atomic E-state index is 11.1. The second-order valence-corrected chi connectivity index (χ2v) is 4.91. The molecule has 0 aromatic rings. The first-order valence-electron chi connectivity index (χ1n) is 6.26. The lowest BCUT2D eigenvalue weighted by molar-refractivity contribution is -0.142. The van der Waals surface area contributed by atoms with Crippen LogP contribution in [-0.4, -0.2) is 47.8 Å². The van der Waals surface area contributed by atoms with Gasteiger partial charge in [-0.15, -0.1) is 0 Å². The number of carboxylic acids is 1. The summed E-state index contributed by atoms with van der Waals surface area (Å²) in [6.07, 6.45) is 4.10. The third-order valence-electron chi connectivity index (χ3n) is 4.01. The van der Waals surface area contributed by atoms with Crippen LogP contribution in [0.4, 0.5) is 0 Å². The lowest BCUT2D eigenvalue weighted by Crippen LogP contribution is -2.40. The van der Waals surface area contributed by atoms with E-state index in [1.807, 2.05) is 0 Å². The number of likely N-dealkylation sites (tertiary alicyclic amines) is 1. The fourth-order valence-corrected chi connectivity index (χ4v) is 3.03. The van der Waals surface area contributed by atoms with Crippen molar-refractivity contribution in [3.8, 4) is 0 Å². The summed E-state index contributed by atoms with van der Waals surface area (Å²) in [5, 5.41) is 9.10. The minimum absolute atomic E-state index is 0.177. The Bertz CT molecular complexity index is 249. The van der Waals surface area contributed by atoms with Crippen molar-refractivity contribution in [1.82, 2.24) is 4.90 Å². The number of carbonyl (C=O) groups is 1. The summed E-state index contributed by atoms with van der Waals surface area (Å²) in [5.41, 5.74) is 0. The summed E-state index contributed by atoms with van der Waals surface area (Å²) in [7, 11) is 0. The number of ether oxygens (including phenoxy) is 1. The highest BCUT2D eigenvalue weighted by atomic mass is 16.5. The van der Waals surface area contributed by atoms with Crippen LogP contribution in [-0.2, 0) is 9.53 Å². The van der Waals surface area contributed by atoms with E-state index in [9.17, 15) is 4.79 Å². The molecule has 0 spiro atoms. The molecule has 0 radical (unpaired) electrons. The maximum absolute atomic E-state index is 11.1. The van der Waals surface area contributed by atoms with Gasteiger partial charge in [-0.05, 0) is 39.2 Å². The van der Waals surface area contributed by atoms with Crippen molar-refractivity contribution in [2.45, 2.75) is 44.7 Å². The van der Waals surface area contributed by atoms with Crippen LogP contribution >= 0.6 is 0 Å². The molecule has 0 saturated carbocycles. The molecule has 4 heteroatoms. The summed E-state index contributed by atoms with van der Waals surface area (Å²) in [4.78, 5) is 13.4. The molecule has 2 aliphatic rings. The zero-order valence-electron chi connectivity index (χ0n) is 9.89. The van der Waals surface area contributed by atoms with Gasteiger partial charge in [-0.3, -0.25) is 9.69 Å². The summed E-state index contributed by atoms with van der Waals surface area (Å²) >= 11 is 0. The zero-order chi connectivity index (χ0) is 11.5. The number of aliphatic carboxylic acids is 1. The molecule has 2 rings (SSSR count). The highest BCUT2D eigenvalue weighted by molar-refractivity contribution is 5.71. The van der Waals surface area contributed by atoms with E-state index in [2.05, 4.69) is 11.8 Å². The van der Waals surface area contributed by atoms with E-state index in [1.54, 1.807) is 0 Å². The molecule has 2 heterocycles. The molecular formula is C12H21NO3. The van der Waals surface area contributed by atoms with E-state index >= 15 is 0 Å². The van der Waals surface area contributed by atoms with Crippen LogP contribution in [0.1, 0.15) is 32.6 Å².